The van der Waals surface area contributed by atoms with Gasteiger partial charge in [0, 0.05) is 26.2 Å². The molecule has 13 heavy (non-hydrogen) atoms. The van der Waals surface area contributed by atoms with Gasteiger partial charge in [0.15, 0.2) is 0 Å². The van der Waals surface area contributed by atoms with E-state index in [-0.39, 0.29) is 0 Å². The summed E-state index contributed by atoms with van der Waals surface area (Å²) < 4.78 is 0. The molecular weight excluding hydrogens is 160 g/mol. The fourth-order valence-corrected chi connectivity index (χ4v) is 2.29. The Morgan fingerprint density at radius 3 is 2.46 bits per heavy atom. The normalized spacial score (nSPS) is 27.5. The summed E-state index contributed by atoms with van der Waals surface area (Å²) in [4.78, 5) is 2.62. The summed E-state index contributed by atoms with van der Waals surface area (Å²) in [5.41, 5.74) is 0.783. The lowest BCUT2D eigenvalue weighted by Gasteiger charge is -2.28. The van der Waals surface area contributed by atoms with Gasteiger partial charge in [0.25, 0.3) is 0 Å². The molecule has 1 N–H and O–H groups in total. The predicted octanol–water partition coefficient (Wildman–Crippen LogP) is 1.47. The van der Waals surface area contributed by atoms with Crippen LogP contribution in [-0.4, -0.2) is 37.6 Å². The number of hydrogen-bond donors (Lipinski definition) is 1. The zero-order valence-corrected chi connectivity index (χ0v) is 8.81. The molecule has 0 atom stereocenters. The maximum absolute atomic E-state index is 3.40. The molecule has 2 heteroatoms. The van der Waals surface area contributed by atoms with Crippen molar-refractivity contribution in [1.29, 1.82) is 0 Å². The van der Waals surface area contributed by atoms with Crippen molar-refractivity contribution in [2.75, 3.05) is 32.7 Å². The second-order valence-corrected chi connectivity index (χ2v) is 4.70. The lowest BCUT2D eigenvalue weighted by atomic mass is 9.99. The molecule has 1 saturated carbocycles. The largest absolute Gasteiger partial charge is 0.314 e. The third-order valence-corrected chi connectivity index (χ3v) is 3.88. The molecule has 0 aromatic rings. The van der Waals surface area contributed by atoms with Gasteiger partial charge in [-0.2, -0.15) is 0 Å². The van der Waals surface area contributed by atoms with E-state index in [0.717, 1.165) is 5.41 Å². The van der Waals surface area contributed by atoms with Crippen molar-refractivity contribution in [3.63, 3.8) is 0 Å². The van der Waals surface area contributed by atoms with Gasteiger partial charge in [0.05, 0.1) is 0 Å². The van der Waals surface area contributed by atoms with Crippen molar-refractivity contribution >= 4 is 0 Å². The average Bonchev–Trinajstić information content (AvgIpc) is 2.97. The fourth-order valence-electron chi connectivity index (χ4n) is 2.29. The standard InChI is InChI=1S/C11H22N2/c1-2-11(3-4-11)5-8-13-9-6-12-7-10-13/h12H,2-10H2,1H3. The van der Waals surface area contributed by atoms with Gasteiger partial charge in [-0.05, 0) is 31.2 Å². The van der Waals surface area contributed by atoms with Crippen LogP contribution in [0, 0.1) is 5.41 Å². The molecule has 1 aliphatic heterocycles. The van der Waals surface area contributed by atoms with Crippen LogP contribution in [-0.2, 0) is 0 Å². The SMILES string of the molecule is CCC1(CCN2CCNCC2)CC1. The second kappa shape index (κ2) is 3.97. The summed E-state index contributed by atoms with van der Waals surface area (Å²) in [5, 5.41) is 3.40. The van der Waals surface area contributed by atoms with Gasteiger partial charge in [-0.3, -0.25) is 0 Å². The lowest BCUT2D eigenvalue weighted by molar-refractivity contribution is 0.217. The van der Waals surface area contributed by atoms with E-state index >= 15 is 0 Å². The van der Waals surface area contributed by atoms with Crippen LogP contribution in [0.4, 0.5) is 0 Å². The molecule has 1 aliphatic carbocycles. The molecule has 1 heterocycles. The smallest absolute Gasteiger partial charge is 0.0107 e. The lowest BCUT2D eigenvalue weighted by Crippen LogP contribution is -2.44. The number of rotatable bonds is 4. The van der Waals surface area contributed by atoms with E-state index in [1.54, 1.807) is 0 Å². The second-order valence-electron chi connectivity index (χ2n) is 4.70. The van der Waals surface area contributed by atoms with E-state index in [9.17, 15) is 0 Å². The first-order valence-corrected chi connectivity index (χ1v) is 5.78. The number of piperazine rings is 1. The van der Waals surface area contributed by atoms with Gasteiger partial charge in [0.2, 0.25) is 0 Å². The first-order valence-electron chi connectivity index (χ1n) is 5.78. The highest BCUT2D eigenvalue weighted by Crippen LogP contribution is 2.51. The summed E-state index contributed by atoms with van der Waals surface area (Å²) in [5.74, 6) is 0. The Morgan fingerprint density at radius 1 is 1.23 bits per heavy atom. The summed E-state index contributed by atoms with van der Waals surface area (Å²) in [6.45, 7) is 8.61. The minimum absolute atomic E-state index is 0.783. The summed E-state index contributed by atoms with van der Waals surface area (Å²) in [6.07, 6.45) is 5.84. The highest BCUT2D eigenvalue weighted by Gasteiger charge is 2.40. The summed E-state index contributed by atoms with van der Waals surface area (Å²) in [6, 6.07) is 0. The molecule has 2 fully saturated rings. The minimum atomic E-state index is 0.783. The van der Waals surface area contributed by atoms with Gasteiger partial charge in [-0.25, -0.2) is 0 Å². The Morgan fingerprint density at radius 2 is 1.92 bits per heavy atom. The summed E-state index contributed by atoms with van der Waals surface area (Å²) in [7, 11) is 0. The molecular formula is C11H22N2. The topological polar surface area (TPSA) is 15.3 Å². The van der Waals surface area contributed by atoms with Gasteiger partial charge in [-0.1, -0.05) is 13.3 Å². The van der Waals surface area contributed by atoms with E-state index in [2.05, 4.69) is 17.1 Å². The Hall–Kier alpha value is -0.0800. The highest BCUT2D eigenvalue weighted by molar-refractivity contribution is 4.92. The van der Waals surface area contributed by atoms with Crippen LogP contribution < -0.4 is 5.32 Å². The van der Waals surface area contributed by atoms with Crippen LogP contribution in [0.2, 0.25) is 0 Å². The first kappa shape index (κ1) is 9.47. The van der Waals surface area contributed by atoms with Crippen molar-refractivity contribution in [3.05, 3.63) is 0 Å². The van der Waals surface area contributed by atoms with Crippen LogP contribution in [0.3, 0.4) is 0 Å². The molecule has 1 saturated heterocycles. The van der Waals surface area contributed by atoms with Gasteiger partial charge >= 0.3 is 0 Å². The third-order valence-electron chi connectivity index (χ3n) is 3.88. The van der Waals surface area contributed by atoms with E-state index < -0.39 is 0 Å². The molecule has 0 unspecified atom stereocenters. The van der Waals surface area contributed by atoms with Gasteiger partial charge in [0.1, 0.15) is 0 Å². The van der Waals surface area contributed by atoms with Crippen molar-refractivity contribution < 1.29 is 0 Å². The van der Waals surface area contributed by atoms with Crippen molar-refractivity contribution in [1.82, 2.24) is 10.2 Å². The Labute approximate surface area is 81.7 Å². The molecule has 2 nitrogen and oxygen atoms in total. The van der Waals surface area contributed by atoms with Crippen molar-refractivity contribution in [2.24, 2.45) is 5.41 Å². The maximum Gasteiger partial charge on any atom is 0.0107 e. The quantitative estimate of drug-likeness (QED) is 0.708. The summed E-state index contributed by atoms with van der Waals surface area (Å²) >= 11 is 0. The van der Waals surface area contributed by atoms with Crippen molar-refractivity contribution in [3.8, 4) is 0 Å². The predicted molar refractivity (Wildman–Crippen MR) is 55.9 cm³/mol. The van der Waals surface area contributed by atoms with Crippen molar-refractivity contribution in [2.45, 2.75) is 32.6 Å². The number of nitrogens with zero attached hydrogens (tertiary/aromatic N) is 1. The monoisotopic (exact) mass is 182 g/mol. The molecule has 0 bridgehead atoms. The number of hydrogen-bond acceptors (Lipinski definition) is 2. The molecule has 2 aliphatic rings. The molecule has 0 spiro atoms. The van der Waals surface area contributed by atoms with Crippen LogP contribution in [0.1, 0.15) is 32.6 Å². The van der Waals surface area contributed by atoms with Crippen LogP contribution in [0.5, 0.6) is 0 Å². The minimum Gasteiger partial charge on any atom is -0.314 e. The maximum atomic E-state index is 3.40. The fraction of sp³-hybridized carbons (Fsp3) is 1.00. The zero-order valence-electron chi connectivity index (χ0n) is 8.81. The average molecular weight is 182 g/mol. The van der Waals surface area contributed by atoms with E-state index in [0.29, 0.717) is 0 Å². The molecule has 0 aromatic heterocycles. The van der Waals surface area contributed by atoms with Gasteiger partial charge in [-0.15, -0.1) is 0 Å². The Kier molecular flexibility index (Phi) is 2.89. The Balaban J connectivity index is 1.66. The number of nitrogens with one attached hydrogen (secondary N) is 1. The van der Waals surface area contributed by atoms with E-state index in [1.807, 2.05) is 0 Å². The van der Waals surface area contributed by atoms with E-state index in [1.165, 1.54) is 58.4 Å². The molecule has 0 aromatic carbocycles. The van der Waals surface area contributed by atoms with Gasteiger partial charge < -0.3 is 10.2 Å². The molecule has 2 rings (SSSR count). The molecule has 0 amide bonds. The van der Waals surface area contributed by atoms with Crippen LogP contribution in [0.25, 0.3) is 0 Å². The Bertz CT molecular complexity index is 157. The van der Waals surface area contributed by atoms with Crippen LogP contribution >= 0.6 is 0 Å². The third kappa shape index (κ3) is 2.44. The van der Waals surface area contributed by atoms with Crippen LogP contribution in [0.15, 0.2) is 0 Å². The molecule has 0 radical (unpaired) electrons. The highest BCUT2D eigenvalue weighted by atomic mass is 15.2. The zero-order chi connectivity index (χ0) is 9.15. The van der Waals surface area contributed by atoms with E-state index in [4.69, 9.17) is 0 Å². The first-order chi connectivity index (χ1) is 6.35. The molecule has 76 valence electrons.